The highest BCUT2D eigenvalue weighted by molar-refractivity contribution is 9.12. The Labute approximate surface area is 118 Å². The zero-order chi connectivity index (χ0) is 13.8. The van der Waals surface area contributed by atoms with Crippen molar-refractivity contribution in [2.24, 2.45) is 0 Å². The predicted molar refractivity (Wildman–Crippen MR) is 77.4 cm³/mol. The molecule has 0 aliphatic rings. The first-order valence-electron chi connectivity index (χ1n) is 5.65. The van der Waals surface area contributed by atoms with Crippen molar-refractivity contribution in [3.05, 3.63) is 68.5 Å². The predicted octanol–water partition coefficient (Wildman–Crippen LogP) is 1.85. The van der Waals surface area contributed by atoms with E-state index in [-0.39, 0.29) is 11.6 Å². The summed E-state index contributed by atoms with van der Waals surface area (Å²) >= 11 is 2.94. The highest BCUT2D eigenvalue weighted by atomic mass is 79.9. The van der Waals surface area contributed by atoms with E-state index in [1.54, 1.807) is 0 Å². The molecule has 0 bridgehead atoms. The van der Waals surface area contributed by atoms with Gasteiger partial charge >= 0.3 is 5.69 Å². The number of benzene rings is 1. The van der Waals surface area contributed by atoms with Crippen LogP contribution in [0.15, 0.2) is 46.1 Å². The SMILES string of the molecule is CC(c1ccccc1)n1cc(C#CBr)c(=O)[nH]c1=O. The number of hydrogen-bond acceptors (Lipinski definition) is 2. The molecule has 0 saturated heterocycles. The van der Waals surface area contributed by atoms with Crippen LogP contribution in [0.3, 0.4) is 0 Å². The van der Waals surface area contributed by atoms with Crippen molar-refractivity contribution in [2.75, 3.05) is 0 Å². The third-order valence-electron chi connectivity index (χ3n) is 2.85. The number of aromatic nitrogens is 2. The fourth-order valence-electron chi connectivity index (χ4n) is 1.81. The van der Waals surface area contributed by atoms with Gasteiger partial charge in [-0.25, -0.2) is 4.79 Å². The lowest BCUT2D eigenvalue weighted by molar-refractivity contribution is 0.593. The summed E-state index contributed by atoms with van der Waals surface area (Å²) in [5, 5.41) is 0. The van der Waals surface area contributed by atoms with Gasteiger partial charge in [-0.1, -0.05) is 30.3 Å². The summed E-state index contributed by atoms with van der Waals surface area (Å²) in [6.45, 7) is 1.89. The lowest BCUT2D eigenvalue weighted by Crippen LogP contribution is -2.33. The van der Waals surface area contributed by atoms with E-state index in [1.165, 1.54) is 10.8 Å². The van der Waals surface area contributed by atoms with Crippen molar-refractivity contribution in [1.29, 1.82) is 0 Å². The Morgan fingerprint density at radius 2 is 1.95 bits per heavy atom. The normalized spacial score (nSPS) is 11.5. The molecule has 1 heterocycles. The molecule has 0 aliphatic heterocycles. The Hall–Kier alpha value is -2.06. The van der Waals surface area contributed by atoms with Gasteiger partial charge in [0.2, 0.25) is 0 Å². The molecule has 0 saturated carbocycles. The molecule has 0 radical (unpaired) electrons. The lowest BCUT2D eigenvalue weighted by Gasteiger charge is -2.15. The maximum Gasteiger partial charge on any atom is 0.328 e. The number of nitrogens with zero attached hydrogens (tertiary/aromatic N) is 1. The molecule has 96 valence electrons. The van der Waals surface area contributed by atoms with Gasteiger partial charge in [0, 0.05) is 22.1 Å². The molecule has 4 nitrogen and oxygen atoms in total. The fourth-order valence-corrected chi connectivity index (χ4v) is 2.02. The molecule has 0 fully saturated rings. The van der Waals surface area contributed by atoms with Crippen LogP contribution in [0.1, 0.15) is 24.1 Å². The zero-order valence-electron chi connectivity index (χ0n) is 10.2. The molecule has 0 amide bonds. The fraction of sp³-hybridized carbons (Fsp3) is 0.143. The van der Waals surface area contributed by atoms with E-state index < -0.39 is 11.2 Å². The van der Waals surface area contributed by atoms with Gasteiger partial charge in [0.25, 0.3) is 5.56 Å². The van der Waals surface area contributed by atoms with Crippen LogP contribution in [0.5, 0.6) is 0 Å². The molecule has 0 spiro atoms. The van der Waals surface area contributed by atoms with Gasteiger partial charge < -0.3 is 0 Å². The molecule has 1 unspecified atom stereocenters. The van der Waals surface area contributed by atoms with Crippen molar-refractivity contribution in [1.82, 2.24) is 9.55 Å². The van der Waals surface area contributed by atoms with Crippen molar-refractivity contribution in [3.8, 4) is 10.8 Å². The molecule has 5 heteroatoms. The van der Waals surface area contributed by atoms with Crippen LogP contribution >= 0.6 is 15.9 Å². The summed E-state index contributed by atoms with van der Waals surface area (Å²) in [4.78, 5) is 28.2. The van der Waals surface area contributed by atoms with Crippen molar-refractivity contribution >= 4 is 15.9 Å². The molecule has 1 N–H and O–H groups in total. The van der Waals surface area contributed by atoms with Crippen LogP contribution in [-0.2, 0) is 0 Å². The maximum atomic E-state index is 11.9. The molecule has 2 rings (SSSR count). The number of nitrogens with one attached hydrogen (secondary N) is 1. The van der Waals surface area contributed by atoms with Crippen molar-refractivity contribution < 1.29 is 0 Å². The molecular weight excluding hydrogens is 308 g/mol. The standard InChI is InChI=1S/C14H11BrN2O2/c1-10(11-5-3-2-4-6-11)17-9-12(7-8-15)13(18)16-14(17)19/h2-6,9-10H,1H3,(H,16,18,19). The zero-order valence-corrected chi connectivity index (χ0v) is 11.8. The molecule has 1 aromatic heterocycles. The van der Waals surface area contributed by atoms with E-state index in [0.29, 0.717) is 0 Å². The summed E-state index contributed by atoms with van der Waals surface area (Å²) in [5.74, 6) is 2.61. The molecular formula is C14H11BrN2O2. The van der Waals surface area contributed by atoms with Crippen LogP contribution in [0.25, 0.3) is 0 Å². The third kappa shape index (κ3) is 2.85. The average molecular weight is 319 g/mol. The van der Waals surface area contributed by atoms with Crippen LogP contribution in [0, 0.1) is 10.8 Å². The second-order valence-electron chi connectivity index (χ2n) is 4.02. The van der Waals surface area contributed by atoms with E-state index in [0.717, 1.165) is 5.56 Å². The molecule has 1 atom stereocenters. The first-order valence-corrected chi connectivity index (χ1v) is 6.45. The number of hydrogen-bond donors (Lipinski definition) is 1. The Morgan fingerprint density at radius 1 is 1.26 bits per heavy atom. The first kappa shape index (κ1) is 13.4. The summed E-state index contributed by atoms with van der Waals surface area (Å²) in [6, 6.07) is 9.40. The van der Waals surface area contributed by atoms with Gasteiger partial charge in [0.1, 0.15) is 5.56 Å². The van der Waals surface area contributed by atoms with Crippen molar-refractivity contribution in [2.45, 2.75) is 13.0 Å². The highest BCUT2D eigenvalue weighted by Crippen LogP contribution is 2.14. The highest BCUT2D eigenvalue weighted by Gasteiger charge is 2.11. The third-order valence-corrected chi connectivity index (χ3v) is 3.05. The minimum Gasteiger partial charge on any atom is -0.292 e. The van der Waals surface area contributed by atoms with Crippen LogP contribution in [0.4, 0.5) is 0 Å². The Balaban J connectivity index is 2.56. The summed E-state index contributed by atoms with van der Waals surface area (Å²) in [6.07, 6.45) is 1.48. The van der Waals surface area contributed by atoms with Gasteiger partial charge in [-0.2, -0.15) is 0 Å². The quantitative estimate of drug-likeness (QED) is 0.859. The van der Waals surface area contributed by atoms with E-state index in [1.807, 2.05) is 37.3 Å². The Bertz CT molecular complexity index is 751. The smallest absolute Gasteiger partial charge is 0.292 e. The topological polar surface area (TPSA) is 54.9 Å². The minimum atomic E-state index is -0.478. The van der Waals surface area contributed by atoms with E-state index in [4.69, 9.17) is 0 Å². The number of H-pyrrole nitrogens is 1. The van der Waals surface area contributed by atoms with E-state index >= 15 is 0 Å². The van der Waals surface area contributed by atoms with Gasteiger partial charge in [-0.05, 0) is 23.2 Å². The number of rotatable bonds is 2. The van der Waals surface area contributed by atoms with Gasteiger partial charge in [0.05, 0.1) is 6.04 Å². The van der Waals surface area contributed by atoms with Crippen molar-refractivity contribution in [3.63, 3.8) is 0 Å². The van der Waals surface area contributed by atoms with Crippen LogP contribution in [-0.4, -0.2) is 9.55 Å². The average Bonchev–Trinajstić information content (AvgIpc) is 2.42. The summed E-state index contributed by atoms with van der Waals surface area (Å²) < 4.78 is 1.46. The molecule has 1 aromatic carbocycles. The monoisotopic (exact) mass is 318 g/mol. The lowest BCUT2D eigenvalue weighted by atomic mass is 10.1. The minimum absolute atomic E-state index is 0.179. The molecule has 19 heavy (non-hydrogen) atoms. The van der Waals surface area contributed by atoms with Crippen LogP contribution < -0.4 is 11.2 Å². The second kappa shape index (κ2) is 5.72. The summed E-state index contributed by atoms with van der Waals surface area (Å²) in [7, 11) is 0. The number of aromatic amines is 1. The van der Waals surface area contributed by atoms with E-state index in [2.05, 4.69) is 31.7 Å². The van der Waals surface area contributed by atoms with E-state index in [9.17, 15) is 9.59 Å². The first-order chi connectivity index (χ1) is 9.13. The summed E-state index contributed by atoms with van der Waals surface area (Å²) in [5.41, 5.74) is 0.309. The van der Waals surface area contributed by atoms with Gasteiger partial charge in [0.15, 0.2) is 0 Å². The number of halogens is 1. The Morgan fingerprint density at radius 3 is 2.58 bits per heavy atom. The largest absolute Gasteiger partial charge is 0.328 e. The Kier molecular flexibility index (Phi) is 4.03. The van der Waals surface area contributed by atoms with Gasteiger partial charge in [-0.3, -0.25) is 14.3 Å². The van der Waals surface area contributed by atoms with Gasteiger partial charge in [-0.15, -0.1) is 0 Å². The molecule has 2 aromatic rings. The molecule has 0 aliphatic carbocycles. The van der Waals surface area contributed by atoms with Crippen LogP contribution in [0.2, 0.25) is 0 Å². The maximum absolute atomic E-state index is 11.9. The second-order valence-corrected chi connectivity index (χ2v) is 4.41.